The summed E-state index contributed by atoms with van der Waals surface area (Å²) >= 11 is 0. The molecule has 0 spiro atoms. The Hall–Kier alpha value is -0.570. The molecule has 0 aromatic carbocycles. The van der Waals surface area contributed by atoms with Crippen LogP contribution in [0.25, 0.3) is 0 Å². The van der Waals surface area contributed by atoms with Gasteiger partial charge in [0, 0.05) is 13.0 Å². The highest BCUT2D eigenvalue weighted by atomic mass is 16.3. The minimum atomic E-state index is -0.0939. The highest BCUT2D eigenvalue weighted by Crippen LogP contribution is 2.64. The lowest BCUT2D eigenvalue weighted by molar-refractivity contribution is -0.145. The summed E-state index contributed by atoms with van der Waals surface area (Å²) in [6.45, 7) is 5.61. The highest BCUT2D eigenvalue weighted by Gasteiger charge is 2.60. The third-order valence-electron chi connectivity index (χ3n) is 8.10. The Kier molecular flexibility index (Phi) is 2.99. The molecule has 1 aliphatic heterocycles. The molecule has 0 aromatic rings. The number of amides is 1. The summed E-state index contributed by atoms with van der Waals surface area (Å²) in [7, 11) is 0. The fraction of sp³-hybridized carbons (Fsp3) is 0.944. The van der Waals surface area contributed by atoms with Crippen molar-refractivity contribution in [3.05, 3.63) is 0 Å². The van der Waals surface area contributed by atoms with E-state index in [9.17, 15) is 9.90 Å². The Morgan fingerprint density at radius 2 is 1.81 bits per heavy atom. The van der Waals surface area contributed by atoms with E-state index in [1.807, 2.05) is 0 Å². The van der Waals surface area contributed by atoms with Gasteiger partial charge in [-0.25, -0.2) is 0 Å². The normalized spacial score (nSPS) is 56.1. The Morgan fingerprint density at radius 1 is 1.05 bits per heavy atom. The number of piperidine rings is 1. The highest BCUT2D eigenvalue weighted by molar-refractivity contribution is 5.77. The average Bonchev–Trinajstić information content (AvgIpc) is 2.74. The molecule has 7 atom stereocenters. The summed E-state index contributed by atoms with van der Waals surface area (Å²) in [5.41, 5.74) is 0.363. The second kappa shape index (κ2) is 4.47. The van der Waals surface area contributed by atoms with Gasteiger partial charge in [-0.15, -0.1) is 0 Å². The summed E-state index contributed by atoms with van der Waals surface area (Å²) < 4.78 is 0. The van der Waals surface area contributed by atoms with Crippen LogP contribution in [0.15, 0.2) is 0 Å². The van der Waals surface area contributed by atoms with Gasteiger partial charge < -0.3 is 10.4 Å². The number of carbonyl (C=O) groups is 1. The third-order valence-corrected chi connectivity index (χ3v) is 8.10. The van der Waals surface area contributed by atoms with Gasteiger partial charge in [0.1, 0.15) is 0 Å². The van der Waals surface area contributed by atoms with Crippen molar-refractivity contribution in [2.24, 2.45) is 34.5 Å². The van der Waals surface area contributed by atoms with Crippen LogP contribution >= 0.6 is 0 Å². The van der Waals surface area contributed by atoms with E-state index in [1.165, 1.54) is 25.7 Å². The number of carbonyl (C=O) groups excluding carboxylic acids is 1. The Bertz CT molecular complexity index is 464. The van der Waals surface area contributed by atoms with E-state index in [-0.39, 0.29) is 22.8 Å². The van der Waals surface area contributed by atoms with Crippen molar-refractivity contribution in [2.75, 3.05) is 6.54 Å². The van der Waals surface area contributed by atoms with Crippen LogP contribution in [0.2, 0.25) is 0 Å². The van der Waals surface area contributed by atoms with Crippen LogP contribution in [-0.2, 0) is 4.79 Å². The van der Waals surface area contributed by atoms with Crippen LogP contribution < -0.4 is 5.32 Å². The summed E-state index contributed by atoms with van der Waals surface area (Å²) in [6.07, 6.45) is 7.78. The molecule has 3 nitrogen and oxygen atoms in total. The zero-order chi connectivity index (χ0) is 14.8. The Morgan fingerprint density at radius 3 is 2.62 bits per heavy atom. The van der Waals surface area contributed by atoms with Gasteiger partial charge in [0.05, 0.1) is 6.10 Å². The molecular formula is C18H29NO2. The molecule has 1 amide bonds. The summed E-state index contributed by atoms with van der Waals surface area (Å²) in [6, 6.07) is 0. The van der Waals surface area contributed by atoms with E-state index >= 15 is 0 Å². The first-order chi connectivity index (χ1) is 9.95. The number of aliphatic hydroxyl groups excluding tert-OH is 1. The first kappa shape index (κ1) is 14.0. The third kappa shape index (κ3) is 1.79. The van der Waals surface area contributed by atoms with Crippen molar-refractivity contribution >= 4 is 5.91 Å². The van der Waals surface area contributed by atoms with Crippen molar-refractivity contribution in [3.8, 4) is 0 Å². The SMILES string of the molecule is C[C@]12CC(=O)NC[C@@H]1CC[C@@H]1[C@@H]2CC[C@]2(C)C(O)CC[C@@H]12. The molecule has 118 valence electrons. The Balaban J connectivity index is 1.66. The molecule has 3 aliphatic carbocycles. The van der Waals surface area contributed by atoms with Gasteiger partial charge in [0.25, 0.3) is 0 Å². The van der Waals surface area contributed by atoms with Crippen LogP contribution in [-0.4, -0.2) is 23.7 Å². The van der Waals surface area contributed by atoms with Crippen LogP contribution in [0.1, 0.15) is 58.8 Å². The van der Waals surface area contributed by atoms with Crippen LogP contribution in [0, 0.1) is 34.5 Å². The largest absolute Gasteiger partial charge is 0.393 e. The molecule has 4 rings (SSSR count). The molecule has 0 aromatic heterocycles. The number of nitrogens with one attached hydrogen (secondary N) is 1. The molecule has 4 fully saturated rings. The van der Waals surface area contributed by atoms with Crippen molar-refractivity contribution in [2.45, 2.75) is 64.9 Å². The fourth-order valence-corrected chi connectivity index (χ4v) is 6.76. The molecule has 1 heterocycles. The van der Waals surface area contributed by atoms with Crippen LogP contribution in [0.3, 0.4) is 0 Å². The lowest BCUT2D eigenvalue weighted by Gasteiger charge is -2.59. The van der Waals surface area contributed by atoms with Crippen LogP contribution in [0.5, 0.6) is 0 Å². The quantitative estimate of drug-likeness (QED) is 0.721. The molecule has 4 aliphatic rings. The summed E-state index contributed by atoms with van der Waals surface area (Å²) in [5, 5.41) is 13.5. The first-order valence-electron chi connectivity index (χ1n) is 8.90. The zero-order valence-corrected chi connectivity index (χ0v) is 13.4. The second-order valence-corrected chi connectivity index (χ2v) is 8.78. The van der Waals surface area contributed by atoms with Crippen LogP contribution in [0.4, 0.5) is 0 Å². The number of hydrogen-bond acceptors (Lipinski definition) is 2. The fourth-order valence-electron chi connectivity index (χ4n) is 6.76. The number of hydrogen-bond donors (Lipinski definition) is 2. The van der Waals surface area contributed by atoms with Crippen molar-refractivity contribution in [1.82, 2.24) is 5.32 Å². The number of rotatable bonds is 0. The molecule has 2 N–H and O–H groups in total. The molecule has 1 unspecified atom stereocenters. The number of fused-ring (bicyclic) bond motifs is 5. The molecule has 0 radical (unpaired) electrons. The van der Waals surface area contributed by atoms with Crippen molar-refractivity contribution < 1.29 is 9.90 Å². The van der Waals surface area contributed by atoms with Gasteiger partial charge in [0.2, 0.25) is 5.91 Å². The predicted molar refractivity (Wildman–Crippen MR) is 81.5 cm³/mol. The lowest BCUT2D eigenvalue weighted by atomic mass is 9.46. The van der Waals surface area contributed by atoms with Gasteiger partial charge >= 0.3 is 0 Å². The zero-order valence-electron chi connectivity index (χ0n) is 13.4. The molecule has 3 heteroatoms. The monoisotopic (exact) mass is 291 g/mol. The summed E-state index contributed by atoms with van der Waals surface area (Å²) in [4.78, 5) is 12.0. The van der Waals surface area contributed by atoms with Gasteiger partial charge in [-0.2, -0.15) is 0 Å². The van der Waals surface area contributed by atoms with Gasteiger partial charge in [-0.3, -0.25) is 4.79 Å². The van der Waals surface area contributed by atoms with E-state index in [0.717, 1.165) is 31.7 Å². The van der Waals surface area contributed by atoms with Gasteiger partial charge in [0.15, 0.2) is 0 Å². The minimum absolute atomic E-state index is 0.0939. The van der Waals surface area contributed by atoms with E-state index in [0.29, 0.717) is 17.8 Å². The maximum atomic E-state index is 12.0. The Labute approximate surface area is 127 Å². The van der Waals surface area contributed by atoms with E-state index in [4.69, 9.17) is 0 Å². The minimum Gasteiger partial charge on any atom is -0.393 e. The molecule has 1 saturated heterocycles. The summed E-state index contributed by atoms with van der Waals surface area (Å²) in [5.74, 6) is 3.06. The van der Waals surface area contributed by atoms with Crippen molar-refractivity contribution in [3.63, 3.8) is 0 Å². The molecule has 0 bridgehead atoms. The van der Waals surface area contributed by atoms with E-state index in [2.05, 4.69) is 19.2 Å². The standard InChI is InChI=1S/C18H29NO2/c1-17-8-7-14-12(13(17)5-6-15(17)20)4-3-11-10-19-16(21)9-18(11,14)2/h11-15,20H,3-10H2,1-2H3,(H,19,21)/t11-,12-,13-,14-,15?,17-,18-/m0/s1. The first-order valence-corrected chi connectivity index (χ1v) is 8.90. The lowest BCUT2D eigenvalue weighted by Crippen LogP contribution is -2.58. The maximum absolute atomic E-state index is 12.0. The predicted octanol–water partition coefficient (Wildman–Crippen LogP) is 2.73. The number of aliphatic hydroxyl groups is 1. The molecule has 21 heavy (non-hydrogen) atoms. The van der Waals surface area contributed by atoms with Gasteiger partial charge in [-0.1, -0.05) is 13.8 Å². The van der Waals surface area contributed by atoms with Gasteiger partial charge in [-0.05, 0) is 73.0 Å². The van der Waals surface area contributed by atoms with Crippen molar-refractivity contribution in [1.29, 1.82) is 0 Å². The second-order valence-electron chi connectivity index (χ2n) is 8.78. The van der Waals surface area contributed by atoms with E-state index < -0.39 is 0 Å². The molecule has 3 saturated carbocycles. The van der Waals surface area contributed by atoms with E-state index in [1.54, 1.807) is 0 Å². The topological polar surface area (TPSA) is 49.3 Å². The molecular weight excluding hydrogens is 262 g/mol. The smallest absolute Gasteiger partial charge is 0.220 e. The average molecular weight is 291 g/mol. The maximum Gasteiger partial charge on any atom is 0.220 e.